The Kier molecular flexibility index (Phi) is 6.04. The quantitative estimate of drug-likeness (QED) is 0.543. The summed E-state index contributed by atoms with van der Waals surface area (Å²) in [5.41, 5.74) is 0.0652. The number of nitrogens with one attached hydrogen (secondary N) is 1. The topological polar surface area (TPSA) is 64.7 Å². The van der Waals surface area contributed by atoms with E-state index in [1.54, 1.807) is 29.1 Å². The van der Waals surface area contributed by atoms with Gasteiger partial charge in [-0.3, -0.25) is 14.2 Å². The van der Waals surface area contributed by atoms with Crippen molar-refractivity contribution in [2.75, 3.05) is 5.32 Å². The van der Waals surface area contributed by atoms with Gasteiger partial charge in [-0.05, 0) is 47.5 Å². The number of anilines is 1. The Morgan fingerprint density at radius 1 is 1.31 bits per heavy atom. The molecule has 0 bridgehead atoms. The van der Waals surface area contributed by atoms with E-state index in [4.69, 9.17) is 11.6 Å². The average Bonchev–Trinajstić information content (AvgIpc) is 3.19. The minimum atomic E-state index is -4.62. The summed E-state index contributed by atoms with van der Waals surface area (Å²) < 4.78 is 41.6. The molecule has 0 saturated carbocycles. The standard InChI is InChI=1S/C18H16BrClF3N5O/c1-10-15(19)16(18(21,22)23)26-28(10)11(2)17(29)24-14-6-7-27(25-14)9-12-4-3-5-13(20)8-12/h3-8,11H,9H2,1-2H3,(H,24,25,29). The summed E-state index contributed by atoms with van der Waals surface area (Å²) in [6.45, 7) is 3.37. The van der Waals surface area contributed by atoms with Crippen LogP contribution < -0.4 is 5.32 Å². The van der Waals surface area contributed by atoms with E-state index < -0.39 is 23.8 Å². The van der Waals surface area contributed by atoms with Crippen molar-refractivity contribution in [3.63, 3.8) is 0 Å². The molecule has 0 aliphatic heterocycles. The molecular weight excluding hydrogens is 475 g/mol. The summed E-state index contributed by atoms with van der Waals surface area (Å²) in [6.07, 6.45) is -2.94. The maximum absolute atomic E-state index is 13.0. The van der Waals surface area contributed by atoms with Gasteiger partial charge in [0.05, 0.1) is 16.7 Å². The normalized spacial score (nSPS) is 12.8. The van der Waals surface area contributed by atoms with E-state index in [0.29, 0.717) is 11.6 Å². The molecule has 0 aliphatic carbocycles. The fourth-order valence-electron chi connectivity index (χ4n) is 2.74. The molecule has 1 aromatic carbocycles. The molecule has 0 aliphatic rings. The number of carbonyl (C=O) groups is 1. The van der Waals surface area contributed by atoms with Crippen LogP contribution in [0.25, 0.3) is 0 Å². The fourth-order valence-corrected chi connectivity index (χ4v) is 3.44. The van der Waals surface area contributed by atoms with Gasteiger partial charge in [0.1, 0.15) is 6.04 Å². The van der Waals surface area contributed by atoms with Crippen LogP contribution in [-0.4, -0.2) is 25.5 Å². The van der Waals surface area contributed by atoms with Gasteiger partial charge < -0.3 is 5.32 Å². The number of rotatable bonds is 5. The maximum atomic E-state index is 13.0. The molecule has 11 heteroatoms. The monoisotopic (exact) mass is 489 g/mol. The molecule has 0 radical (unpaired) electrons. The molecule has 0 saturated heterocycles. The van der Waals surface area contributed by atoms with Crippen molar-refractivity contribution in [1.82, 2.24) is 19.6 Å². The van der Waals surface area contributed by atoms with Gasteiger partial charge in [0.25, 0.3) is 0 Å². The third-order valence-corrected chi connectivity index (χ3v) is 5.40. The molecule has 3 rings (SSSR count). The molecule has 6 nitrogen and oxygen atoms in total. The minimum Gasteiger partial charge on any atom is -0.307 e. The second-order valence-electron chi connectivity index (χ2n) is 6.38. The molecule has 29 heavy (non-hydrogen) atoms. The summed E-state index contributed by atoms with van der Waals surface area (Å²) in [6, 6.07) is 7.92. The van der Waals surface area contributed by atoms with Crippen LogP contribution in [-0.2, 0) is 17.5 Å². The Bertz CT molecular complexity index is 1050. The lowest BCUT2D eigenvalue weighted by atomic mass is 10.2. The van der Waals surface area contributed by atoms with Gasteiger partial charge in [0.15, 0.2) is 11.5 Å². The Morgan fingerprint density at radius 2 is 2.03 bits per heavy atom. The number of hydrogen-bond donors (Lipinski definition) is 1. The third-order valence-electron chi connectivity index (χ3n) is 4.22. The molecule has 0 spiro atoms. The molecule has 2 heterocycles. The summed E-state index contributed by atoms with van der Waals surface area (Å²) >= 11 is 8.86. The van der Waals surface area contributed by atoms with Crippen molar-refractivity contribution < 1.29 is 18.0 Å². The van der Waals surface area contributed by atoms with Crippen molar-refractivity contribution >= 4 is 39.3 Å². The van der Waals surface area contributed by atoms with Crippen LogP contribution in [0, 0.1) is 6.92 Å². The largest absolute Gasteiger partial charge is 0.436 e. The Morgan fingerprint density at radius 3 is 2.66 bits per heavy atom. The molecule has 0 fully saturated rings. The average molecular weight is 491 g/mol. The highest BCUT2D eigenvalue weighted by atomic mass is 79.9. The number of hydrogen-bond acceptors (Lipinski definition) is 3. The van der Waals surface area contributed by atoms with Crippen LogP contribution >= 0.6 is 27.5 Å². The lowest BCUT2D eigenvalue weighted by Crippen LogP contribution is -2.26. The van der Waals surface area contributed by atoms with E-state index in [2.05, 4.69) is 31.4 Å². The van der Waals surface area contributed by atoms with Crippen molar-refractivity contribution in [2.45, 2.75) is 32.6 Å². The van der Waals surface area contributed by atoms with E-state index in [1.165, 1.54) is 13.8 Å². The lowest BCUT2D eigenvalue weighted by Gasteiger charge is -2.13. The first-order chi connectivity index (χ1) is 13.6. The molecule has 1 atom stereocenters. The Hall–Kier alpha value is -2.33. The second kappa shape index (κ2) is 8.19. The van der Waals surface area contributed by atoms with Crippen molar-refractivity contribution in [1.29, 1.82) is 0 Å². The van der Waals surface area contributed by atoms with E-state index in [0.717, 1.165) is 10.2 Å². The van der Waals surface area contributed by atoms with Gasteiger partial charge in [0.2, 0.25) is 5.91 Å². The number of amides is 1. The number of alkyl halides is 3. The summed E-state index contributed by atoms with van der Waals surface area (Å²) in [7, 11) is 0. The Balaban J connectivity index is 1.72. The Labute approximate surface area is 177 Å². The SMILES string of the molecule is Cc1c(Br)c(C(F)(F)F)nn1C(C)C(=O)Nc1ccn(Cc2cccc(Cl)c2)n1. The summed E-state index contributed by atoms with van der Waals surface area (Å²) in [4.78, 5) is 12.5. The number of halogens is 5. The van der Waals surface area contributed by atoms with Crippen molar-refractivity contribution in [2.24, 2.45) is 0 Å². The lowest BCUT2D eigenvalue weighted by molar-refractivity contribution is -0.142. The second-order valence-corrected chi connectivity index (χ2v) is 7.61. The molecule has 2 aromatic heterocycles. The van der Waals surface area contributed by atoms with Gasteiger partial charge in [-0.1, -0.05) is 23.7 Å². The van der Waals surface area contributed by atoms with Crippen LogP contribution in [0.3, 0.4) is 0 Å². The zero-order valence-corrected chi connectivity index (χ0v) is 17.7. The van der Waals surface area contributed by atoms with E-state index in [9.17, 15) is 18.0 Å². The highest BCUT2D eigenvalue weighted by Crippen LogP contribution is 2.36. The van der Waals surface area contributed by atoms with Gasteiger partial charge in [-0.15, -0.1) is 0 Å². The first-order valence-electron chi connectivity index (χ1n) is 8.47. The molecule has 1 unspecified atom stereocenters. The molecule has 154 valence electrons. The predicted molar refractivity (Wildman–Crippen MR) is 106 cm³/mol. The number of benzene rings is 1. The molecule has 3 aromatic rings. The fraction of sp³-hybridized carbons (Fsp3) is 0.278. The zero-order chi connectivity index (χ0) is 21.3. The number of nitrogens with zero attached hydrogens (tertiary/aromatic N) is 4. The van der Waals surface area contributed by atoms with Crippen molar-refractivity contribution in [3.05, 3.63) is 63.0 Å². The van der Waals surface area contributed by atoms with E-state index in [-0.39, 0.29) is 16.0 Å². The molecular formula is C18H16BrClF3N5O. The first kappa shape index (κ1) is 21.4. The zero-order valence-electron chi connectivity index (χ0n) is 15.3. The first-order valence-corrected chi connectivity index (χ1v) is 9.64. The number of carbonyl (C=O) groups excluding carboxylic acids is 1. The highest BCUT2D eigenvalue weighted by Gasteiger charge is 2.39. The van der Waals surface area contributed by atoms with Crippen LogP contribution in [0.2, 0.25) is 5.02 Å². The minimum absolute atomic E-state index is 0.185. The molecule has 1 N–H and O–H groups in total. The van der Waals surface area contributed by atoms with Gasteiger partial charge >= 0.3 is 6.18 Å². The van der Waals surface area contributed by atoms with Crippen LogP contribution in [0.4, 0.5) is 19.0 Å². The highest BCUT2D eigenvalue weighted by molar-refractivity contribution is 9.10. The van der Waals surface area contributed by atoms with Crippen LogP contribution in [0.5, 0.6) is 0 Å². The number of aromatic nitrogens is 4. The van der Waals surface area contributed by atoms with Crippen molar-refractivity contribution in [3.8, 4) is 0 Å². The van der Waals surface area contributed by atoms with Gasteiger partial charge in [-0.2, -0.15) is 23.4 Å². The van der Waals surface area contributed by atoms with Crippen LogP contribution in [0.15, 0.2) is 41.0 Å². The van der Waals surface area contributed by atoms with Gasteiger partial charge in [0, 0.05) is 17.3 Å². The van der Waals surface area contributed by atoms with E-state index in [1.807, 2.05) is 12.1 Å². The van der Waals surface area contributed by atoms with Gasteiger partial charge in [-0.25, -0.2) is 0 Å². The van der Waals surface area contributed by atoms with E-state index >= 15 is 0 Å². The summed E-state index contributed by atoms with van der Waals surface area (Å²) in [5, 5.41) is 11.0. The predicted octanol–water partition coefficient (Wildman–Crippen LogP) is 5.07. The smallest absolute Gasteiger partial charge is 0.307 e. The summed E-state index contributed by atoms with van der Waals surface area (Å²) in [5.74, 6) is -0.256. The van der Waals surface area contributed by atoms with Crippen LogP contribution in [0.1, 0.15) is 29.9 Å². The maximum Gasteiger partial charge on any atom is 0.436 e. The molecule has 1 amide bonds. The third kappa shape index (κ3) is 4.81.